The largest absolute Gasteiger partial charge is 0.481 e. The molecule has 0 unspecified atom stereocenters. The average Bonchev–Trinajstić information content (AvgIpc) is 2.28. The fraction of sp³-hybridized carbons (Fsp3) is 0.636. The van der Waals surface area contributed by atoms with Gasteiger partial charge in [-0.05, 0) is 19.8 Å². The van der Waals surface area contributed by atoms with Crippen LogP contribution < -0.4 is 5.32 Å². The summed E-state index contributed by atoms with van der Waals surface area (Å²) in [6, 6.07) is -0.340. The Bertz CT molecular complexity index is 300. The Hall–Kier alpha value is -1.36. The van der Waals surface area contributed by atoms with Gasteiger partial charge >= 0.3 is 5.97 Å². The average molecular weight is 227 g/mol. The highest BCUT2D eigenvalue weighted by atomic mass is 16.4. The molecule has 0 aromatic carbocycles. The van der Waals surface area contributed by atoms with Crippen molar-refractivity contribution in [2.45, 2.75) is 25.8 Å². The third-order valence-corrected chi connectivity index (χ3v) is 2.75. The van der Waals surface area contributed by atoms with Crippen LogP contribution in [-0.4, -0.2) is 34.7 Å². The van der Waals surface area contributed by atoms with Gasteiger partial charge in [-0.3, -0.25) is 9.59 Å². The molecular formula is C11H17NO4. The van der Waals surface area contributed by atoms with Crippen LogP contribution >= 0.6 is 0 Å². The van der Waals surface area contributed by atoms with Crippen molar-refractivity contribution in [3.05, 3.63) is 12.2 Å². The Kier molecular flexibility index (Phi) is 4.49. The van der Waals surface area contributed by atoms with Crippen molar-refractivity contribution in [2.75, 3.05) is 6.61 Å². The first-order chi connectivity index (χ1) is 7.56. The zero-order valence-electron chi connectivity index (χ0n) is 9.22. The second-order valence-corrected chi connectivity index (χ2v) is 4.09. The summed E-state index contributed by atoms with van der Waals surface area (Å²) in [6.07, 6.45) is 4.45. The fourth-order valence-electron chi connectivity index (χ4n) is 1.77. The lowest BCUT2D eigenvalue weighted by Gasteiger charge is -2.25. The highest BCUT2D eigenvalue weighted by Gasteiger charge is 2.34. The van der Waals surface area contributed by atoms with Crippen LogP contribution in [0.2, 0.25) is 0 Å². The third kappa shape index (κ3) is 3.06. The Morgan fingerprint density at radius 2 is 1.94 bits per heavy atom. The molecule has 5 heteroatoms. The Morgan fingerprint density at radius 3 is 2.44 bits per heavy atom. The topological polar surface area (TPSA) is 86.6 Å². The molecule has 0 aliphatic heterocycles. The van der Waals surface area contributed by atoms with Crippen molar-refractivity contribution in [3.8, 4) is 0 Å². The normalized spacial score (nSPS) is 26.1. The minimum Gasteiger partial charge on any atom is -0.481 e. The summed E-state index contributed by atoms with van der Waals surface area (Å²) in [5, 5.41) is 20.4. The number of rotatable bonds is 4. The zero-order valence-corrected chi connectivity index (χ0v) is 9.22. The number of carbonyl (C=O) groups is 2. The van der Waals surface area contributed by atoms with E-state index in [0.717, 1.165) is 0 Å². The molecule has 0 aromatic heterocycles. The summed E-state index contributed by atoms with van der Waals surface area (Å²) in [5.74, 6) is -2.42. The smallest absolute Gasteiger partial charge is 0.307 e. The van der Waals surface area contributed by atoms with Gasteiger partial charge in [-0.2, -0.15) is 0 Å². The molecule has 90 valence electrons. The van der Waals surface area contributed by atoms with E-state index in [1.807, 2.05) is 6.08 Å². The minimum absolute atomic E-state index is 0.147. The van der Waals surface area contributed by atoms with Gasteiger partial charge in [0.1, 0.15) is 0 Å². The number of carbonyl (C=O) groups excluding carboxylic acids is 1. The molecule has 0 spiro atoms. The van der Waals surface area contributed by atoms with E-state index in [9.17, 15) is 9.59 Å². The van der Waals surface area contributed by atoms with Gasteiger partial charge in [-0.25, -0.2) is 0 Å². The number of carboxylic acids is 1. The summed E-state index contributed by atoms with van der Waals surface area (Å²) in [6.45, 7) is 1.53. The van der Waals surface area contributed by atoms with E-state index in [2.05, 4.69) is 5.32 Å². The second kappa shape index (κ2) is 5.65. The summed E-state index contributed by atoms with van der Waals surface area (Å²) in [5.41, 5.74) is 0. The molecule has 3 atom stereocenters. The highest BCUT2D eigenvalue weighted by molar-refractivity contribution is 5.85. The molecule has 0 saturated carbocycles. The molecule has 1 aliphatic carbocycles. The third-order valence-electron chi connectivity index (χ3n) is 2.75. The second-order valence-electron chi connectivity index (χ2n) is 4.09. The monoisotopic (exact) mass is 227 g/mol. The quantitative estimate of drug-likeness (QED) is 0.597. The van der Waals surface area contributed by atoms with E-state index in [4.69, 9.17) is 10.2 Å². The van der Waals surface area contributed by atoms with Crippen LogP contribution in [-0.2, 0) is 9.59 Å². The molecule has 3 N–H and O–H groups in total. The zero-order chi connectivity index (χ0) is 12.1. The lowest BCUT2D eigenvalue weighted by molar-refractivity contribution is -0.147. The van der Waals surface area contributed by atoms with Crippen LogP contribution in [0.15, 0.2) is 12.2 Å². The van der Waals surface area contributed by atoms with E-state index in [1.165, 1.54) is 0 Å². The number of hydrogen-bond donors (Lipinski definition) is 3. The number of aliphatic carboxylic acids is 1. The van der Waals surface area contributed by atoms with Crippen molar-refractivity contribution < 1.29 is 19.8 Å². The van der Waals surface area contributed by atoms with E-state index in [0.29, 0.717) is 12.8 Å². The number of aliphatic hydroxyl groups excluding tert-OH is 1. The molecule has 0 saturated heterocycles. The van der Waals surface area contributed by atoms with Gasteiger partial charge in [0.05, 0.1) is 18.4 Å². The lowest BCUT2D eigenvalue weighted by Crippen LogP contribution is -2.43. The minimum atomic E-state index is -0.943. The van der Waals surface area contributed by atoms with E-state index in [1.54, 1.807) is 13.0 Å². The van der Waals surface area contributed by atoms with Crippen LogP contribution in [0, 0.1) is 11.8 Å². The van der Waals surface area contributed by atoms with Gasteiger partial charge in [-0.15, -0.1) is 0 Å². The first kappa shape index (κ1) is 12.7. The standard InChI is InChI=1S/C11H17NO4/c1-7(6-13)12-10(14)8-4-2-3-5-9(8)11(15)16/h2-3,7-9,13H,4-6H2,1H3,(H,12,14)(H,15,16)/t7-,8-,9+/m1/s1. The molecule has 0 radical (unpaired) electrons. The first-order valence-corrected chi connectivity index (χ1v) is 5.35. The maximum absolute atomic E-state index is 11.8. The number of aliphatic hydroxyl groups is 1. The van der Waals surface area contributed by atoms with Crippen LogP contribution in [0.25, 0.3) is 0 Å². The Labute approximate surface area is 94.2 Å². The molecule has 0 aromatic rings. The number of allylic oxidation sites excluding steroid dienone is 2. The molecule has 1 rings (SSSR count). The number of hydrogen-bond acceptors (Lipinski definition) is 3. The van der Waals surface area contributed by atoms with Crippen LogP contribution in [0.1, 0.15) is 19.8 Å². The summed E-state index contributed by atoms with van der Waals surface area (Å²) in [4.78, 5) is 22.7. The van der Waals surface area contributed by atoms with Crippen LogP contribution in [0.4, 0.5) is 0 Å². The van der Waals surface area contributed by atoms with Crippen LogP contribution in [0.5, 0.6) is 0 Å². The molecular weight excluding hydrogens is 210 g/mol. The van der Waals surface area contributed by atoms with Crippen molar-refractivity contribution in [3.63, 3.8) is 0 Å². The Balaban J connectivity index is 2.65. The molecule has 0 heterocycles. The van der Waals surface area contributed by atoms with Crippen molar-refractivity contribution in [2.24, 2.45) is 11.8 Å². The van der Waals surface area contributed by atoms with Gasteiger partial charge in [-0.1, -0.05) is 12.2 Å². The van der Waals surface area contributed by atoms with Crippen LogP contribution in [0.3, 0.4) is 0 Å². The number of amides is 1. The van der Waals surface area contributed by atoms with Crippen molar-refractivity contribution in [1.82, 2.24) is 5.32 Å². The predicted molar refractivity (Wildman–Crippen MR) is 57.7 cm³/mol. The Morgan fingerprint density at radius 1 is 1.38 bits per heavy atom. The molecule has 0 bridgehead atoms. The summed E-state index contributed by atoms with van der Waals surface area (Å²) in [7, 11) is 0. The van der Waals surface area contributed by atoms with E-state index >= 15 is 0 Å². The number of nitrogens with one attached hydrogen (secondary N) is 1. The predicted octanol–water partition coefficient (Wildman–Crippen LogP) is 0.150. The van der Waals surface area contributed by atoms with E-state index < -0.39 is 17.8 Å². The number of carboxylic acid groups (broad SMARTS) is 1. The van der Waals surface area contributed by atoms with Gasteiger partial charge in [0.2, 0.25) is 5.91 Å². The maximum Gasteiger partial charge on any atom is 0.307 e. The highest BCUT2D eigenvalue weighted by Crippen LogP contribution is 2.26. The van der Waals surface area contributed by atoms with Gasteiger partial charge < -0.3 is 15.5 Å². The fourth-order valence-corrected chi connectivity index (χ4v) is 1.77. The summed E-state index contributed by atoms with van der Waals surface area (Å²) < 4.78 is 0. The molecule has 0 fully saturated rings. The molecule has 16 heavy (non-hydrogen) atoms. The maximum atomic E-state index is 11.8. The van der Waals surface area contributed by atoms with Gasteiger partial charge in [0.15, 0.2) is 0 Å². The van der Waals surface area contributed by atoms with Crippen molar-refractivity contribution in [1.29, 1.82) is 0 Å². The molecule has 1 amide bonds. The lowest BCUT2D eigenvalue weighted by atomic mass is 9.82. The SMILES string of the molecule is C[C@H](CO)NC(=O)[C@@H]1CC=CC[C@@H]1C(=O)O. The first-order valence-electron chi connectivity index (χ1n) is 5.35. The molecule has 5 nitrogen and oxygen atoms in total. The van der Waals surface area contributed by atoms with Gasteiger partial charge in [0.25, 0.3) is 0 Å². The van der Waals surface area contributed by atoms with Crippen molar-refractivity contribution >= 4 is 11.9 Å². The van der Waals surface area contributed by atoms with E-state index in [-0.39, 0.29) is 18.6 Å². The summed E-state index contributed by atoms with van der Waals surface area (Å²) >= 11 is 0. The van der Waals surface area contributed by atoms with Gasteiger partial charge in [0, 0.05) is 6.04 Å². The molecule has 1 aliphatic rings.